The van der Waals surface area contributed by atoms with Crippen molar-refractivity contribution in [1.29, 1.82) is 0 Å². The Balaban J connectivity index is 2.25. The first kappa shape index (κ1) is 19.2. The molecule has 1 aliphatic heterocycles. The first-order chi connectivity index (χ1) is 11.3. The van der Waals surface area contributed by atoms with Gasteiger partial charge in [-0.25, -0.2) is 4.79 Å². The van der Waals surface area contributed by atoms with Gasteiger partial charge in [0.1, 0.15) is 30.0 Å². The fourth-order valence-electron chi connectivity index (χ4n) is 2.25. The summed E-state index contributed by atoms with van der Waals surface area (Å²) in [5.41, 5.74) is -0.191. The Morgan fingerprint density at radius 2 is 1.79 bits per heavy atom. The van der Waals surface area contributed by atoms with E-state index in [0.717, 1.165) is 0 Å². The van der Waals surface area contributed by atoms with E-state index in [9.17, 15) is 20.1 Å². The molecule has 5 atom stereocenters. The smallest absolute Gasteiger partial charge is 0.345 e. The van der Waals surface area contributed by atoms with Crippen molar-refractivity contribution in [2.24, 2.45) is 0 Å². The van der Waals surface area contributed by atoms with Crippen molar-refractivity contribution in [2.75, 3.05) is 13.7 Å². The molecule has 1 aromatic carbocycles. The summed E-state index contributed by atoms with van der Waals surface area (Å²) in [6.45, 7) is -0.653. The summed E-state index contributed by atoms with van der Waals surface area (Å²) in [5, 5.41) is 38.5. The molecule has 1 unspecified atom stereocenters. The van der Waals surface area contributed by atoms with Gasteiger partial charge in [-0.05, 0) is 12.1 Å². The molecule has 2 rings (SSSR count). The molecule has 0 spiro atoms. The van der Waals surface area contributed by atoms with Crippen LogP contribution < -0.4 is 4.74 Å². The lowest BCUT2D eigenvalue weighted by Gasteiger charge is -2.39. The van der Waals surface area contributed by atoms with E-state index in [4.69, 9.17) is 42.5 Å². The Kier molecular flexibility index (Phi) is 6.27. The predicted molar refractivity (Wildman–Crippen MR) is 82.2 cm³/mol. The van der Waals surface area contributed by atoms with Crippen molar-refractivity contribution in [1.82, 2.24) is 0 Å². The molecule has 1 heterocycles. The molecule has 1 aliphatic rings. The normalized spacial score (nSPS) is 30.0. The van der Waals surface area contributed by atoms with Gasteiger partial charge in [-0.1, -0.05) is 23.2 Å². The molecule has 0 radical (unpaired) electrons. The molecule has 134 valence electrons. The Labute approximate surface area is 147 Å². The fraction of sp³-hybridized carbons (Fsp3) is 0.500. The van der Waals surface area contributed by atoms with Crippen molar-refractivity contribution in [2.45, 2.75) is 30.7 Å². The number of halogens is 2. The summed E-state index contributed by atoms with van der Waals surface area (Å²) in [7, 11) is 1.28. The third kappa shape index (κ3) is 3.60. The monoisotopic (exact) mass is 382 g/mol. The summed E-state index contributed by atoms with van der Waals surface area (Å²) in [6, 6.07) is 2.78. The van der Waals surface area contributed by atoms with Crippen LogP contribution in [0.2, 0.25) is 10.0 Å². The fourth-order valence-corrected chi connectivity index (χ4v) is 2.71. The first-order valence-electron chi connectivity index (χ1n) is 6.85. The van der Waals surface area contributed by atoms with Crippen molar-refractivity contribution in [3.05, 3.63) is 27.7 Å². The van der Waals surface area contributed by atoms with Crippen LogP contribution in [0.1, 0.15) is 10.4 Å². The highest BCUT2D eigenvalue weighted by Crippen LogP contribution is 2.35. The lowest BCUT2D eigenvalue weighted by atomic mass is 9.99. The van der Waals surface area contributed by atoms with Crippen molar-refractivity contribution in [3.63, 3.8) is 0 Å². The maximum Gasteiger partial charge on any atom is 0.345 e. The number of rotatable bonds is 4. The van der Waals surface area contributed by atoms with Gasteiger partial charge in [0.25, 0.3) is 0 Å². The zero-order chi connectivity index (χ0) is 18.0. The summed E-state index contributed by atoms with van der Waals surface area (Å²) in [4.78, 5) is 12.4. The second-order valence-electron chi connectivity index (χ2n) is 5.04. The molecule has 0 aromatic heterocycles. The van der Waals surface area contributed by atoms with Crippen LogP contribution in [0.3, 0.4) is 0 Å². The van der Waals surface area contributed by atoms with E-state index >= 15 is 0 Å². The Morgan fingerprint density at radius 1 is 1.17 bits per heavy atom. The van der Waals surface area contributed by atoms with Gasteiger partial charge in [-0.15, -0.1) is 0 Å². The average molecular weight is 383 g/mol. The second kappa shape index (κ2) is 7.83. The number of methoxy groups -OCH3 is 1. The minimum atomic E-state index is -1.73. The van der Waals surface area contributed by atoms with Gasteiger partial charge < -0.3 is 34.6 Å². The number of carbonyl (C=O) groups is 1. The lowest BCUT2D eigenvalue weighted by molar-refractivity contribution is -0.285. The van der Waals surface area contributed by atoms with Crippen LogP contribution in [0.4, 0.5) is 0 Å². The molecule has 1 aromatic rings. The summed E-state index contributed by atoms with van der Waals surface area (Å²) >= 11 is 11.9. The van der Waals surface area contributed by atoms with E-state index in [2.05, 4.69) is 0 Å². The highest BCUT2D eigenvalue weighted by Gasteiger charge is 2.45. The van der Waals surface area contributed by atoms with E-state index in [1.165, 1.54) is 19.2 Å². The number of hydrogen-bond acceptors (Lipinski definition) is 8. The maximum absolute atomic E-state index is 12.4. The van der Waals surface area contributed by atoms with Crippen LogP contribution >= 0.6 is 23.2 Å². The van der Waals surface area contributed by atoms with Crippen molar-refractivity contribution in [3.8, 4) is 5.75 Å². The number of benzene rings is 1. The van der Waals surface area contributed by atoms with Gasteiger partial charge in [-0.3, -0.25) is 0 Å². The molecule has 0 aliphatic carbocycles. The largest absolute Gasteiger partial charge is 0.494 e. The molecule has 1 saturated heterocycles. The van der Waals surface area contributed by atoms with E-state index in [-0.39, 0.29) is 21.4 Å². The number of aliphatic hydroxyl groups excluding tert-OH is 4. The van der Waals surface area contributed by atoms with Crippen LogP contribution in [-0.4, -0.2) is 70.8 Å². The maximum atomic E-state index is 12.4. The first-order valence-corrected chi connectivity index (χ1v) is 7.60. The van der Waals surface area contributed by atoms with Gasteiger partial charge in [0.05, 0.1) is 23.8 Å². The molecular weight excluding hydrogens is 367 g/mol. The third-order valence-electron chi connectivity index (χ3n) is 3.54. The second-order valence-corrected chi connectivity index (χ2v) is 5.85. The number of ether oxygens (including phenoxy) is 3. The third-order valence-corrected chi connectivity index (χ3v) is 4.15. The summed E-state index contributed by atoms with van der Waals surface area (Å²) in [5.74, 6) is -1.05. The van der Waals surface area contributed by atoms with E-state index in [0.29, 0.717) is 0 Å². The molecule has 0 bridgehead atoms. The topological polar surface area (TPSA) is 126 Å². The summed E-state index contributed by atoms with van der Waals surface area (Å²) < 4.78 is 15.1. The van der Waals surface area contributed by atoms with Crippen molar-refractivity contribution >= 4 is 29.2 Å². The van der Waals surface area contributed by atoms with E-state index < -0.39 is 43.3 Å². The molecule has 0 amide bonds. The van der Waals surface area contributed by atoms with Gasteiger partial charge in [0, 0.05) is 0 Å². The molecule has 4 N–H and O–H groups in total. The molecule has 0 saturated carbocycles. The molecular formula is C14H16Cl2O8. The van der Waals surface area contributed by atoms with Gasteiger partial charge in [-0.2, -0.15) is 0 Å². The van der Waals surface area contributed by atoms with E-state index in [1.807, 2.05) is 0 Å². The molecule has 8 nitrogen and oxygen atoms in total. The molecule has 24 heavy (non-hydrogen) atoms. The summed E-state index contributed by atoms with van der Waals surface area (Å²) in [6.07, 6.45) is -7.81. The number of hydrogen-bond donors (Lipinski definition) is 4. The predicted octanol–water partition coefficient (Wildman–Crippen LogP) is -0.0413. The van der Waals surface area contributed by atoms with Crippen LogP contribution in [0.15, 0.2) is 12.1 Å². The lowest BCUT2D eigenvalue weighted by Crippen LogP contribution is -2.59. The van der Waals surface area contributed by atoms with Crippen LogP contribution in [0, 0.1) is 0 Å². The number of carbonyl (C=O) groups excluding carboxylic acids is 1. The van der Waals surface area contributed by atoms with Crippen LogP contribution in [0.25, 0.3) is 0 Å². The minimum absolute atomic E-state index is 0.00848. The van der Waals surface area contributed by atoms with E-state index in [1.54, 1.807) is 0 Å². The average Bonchev–Trinajstić information content (AvgIpc) is 2.56. The van der Waals surface area contributed by atoms with Crippen LogP contribution in [-0.2, 0) is 9.47 Å². The zero-order valence-corrected chi connectivity index (χ0v) is 13.9. The quantitative estimate of drug-likeness (QED) is 0.534. The Bertz CT molecular complexity index is 609. The highest BCUT2D eigenvalue weighted by molar-refractivity contribution is 6.37. The minimum Gasteiger partial charge on any atom is -0.494 e. The van der Waals surface area contributed by atoms with Crippen LogP contribution in [0.5, 0.6) is 5.75 Å². The molecule has 10 heteroatoms. The number of esters is 1. The zero-order valence-electron chi connectivity index (χ0n) is 12.4. The highest BCUT2D eigenvalue weighted by atomic mass is 35.5. The Hall–Kier alpha value is -1.13. The van der Waals surface area contributed by atoms with Gasteiger partial charge in [0.15, 0.2) is 5.75 Å². The Morgan fingerprint density at radius 3 is 2.38 bits per heavy atom. The molecule has 1 fully saturated rings. The standard InChI is InChI=1S/C14H16Cl2O8/c1-22-12-6(16)3-2-5(15)8(12)13(21)24-14-11(20)10(19)9(18)7(4-17)23-14/h2-3,7,9-11,14,17-20H,4H2,1H3/t7-,9-,10+,11-,14?/m1/s1. The SMILES string of the molecule is COc1c(Cl)ccc(Cl)c1C(=O)OC1O[C@H](CO)[C@@H](O)[C@H](O)[C@H]1O. The van der Waals surface area contributed by atoms with Gasteiger partial charge in [0.2, 0.25) is 6.29 Å². The van der Waals surface area contributed by atoms with Crippen molar-refractivity contribution < 1.29 is 39.4 Å². The van der Waals surface area contributed by atoms with Gasteiger partial charge >= 0.3 is 5.97 Å². The number of aliphatic hydroxyl groups is 4.